The first-order chi connectivity index (χ1) is 31.4. The van der Waals surface area contributed by atoms with Crippen molar-refractivity contribution in [3.8, 4) is 11.5 Å². The maximum atomic E-state index is 14.8. The Morgan fingerprint density at radius 2 is 0.938 bits per heavy atom. The molecule has 0 saturated carbocycles. The van der Waals surface area contributed by atoms with E-state index < -0.39 is 29.7 Å². The lowest BCUT2D eigenvalue weighted by atomic mass is 9.77. The van der Waals surface area contributed by atoms with E-state index in [9.17, 15) is 19.2 Å². The Morgan fingerprint density at radius 3 is 1.38 bits per heavy atom. The Bertz CT molecular complexity index is 2190. The second-order valence-corrected chi connectivity index (χ2v) is 16.2. The Balaban J connectivity index is 0.000000665. The van der Waals surface area contributed by atoms with Gasteiger partial charge in [-0.3, -0.25) is 0 Å². The number of hydrogen-bond donors (Lipinski definition) is 2. The average molecular weight is 887 g/mol. The van der Waals surface area contributed by atoms with Crippen molar-refractivity contribution in [3.05, 3.63) is 165 Å². The van der Waals surface area contributed by atoms with Gasteiger partial charge in [-0.25, -0.2) is 19.2 Å². The van der Waals surface area contributed by atoms with Crippen LogP contribution in [0.15, 0.2) is 115 Å². The molecule has 5 aromatic carbocycles. The summed E-state index contributed by atoms with van der Waals surface area (Å²) in [6, 6.07) is 34.3. The fourth-order valence-electron chi connectivity index (χ4n) is 7.91. The summed E-state index contributed by atoms with van der Waals surface area (Å²) in [5.41, 5.74) is 4.17. The number of aromatic carboxylic acids is 2. The summed E-state index contributed by atoms with van der Waals surface area (Å²) in [5.74, 6) is -3.58. The molecule has 10 nitrogen and oxygen atoms in total. The molecule has 0 saturated heterocycles. The van der Waals surface area contributed by atoms with Crippen LogP contribution in [0, 0.1) is 5.92 Å². The van der Waals surface area contributed by atoms with Crippen LogP contribution in [0.1, 0.15) is 162 Å². The minimum absolute atomic E-state index is 0.129. The molecule has 0 bridgehead atoms. The van der Waals surface area contributed by atoms with Crippen LogP contribution in [0.2, 0.25) is 0 Å². The second-order valence-electron chi connectivity index (χ2n) is 16.2. The molecule has 0 aliphatic heterocycles. The molecule has 0 heterocycles. The van der Waals surface area contributed by atoms with E-state index in [-0.39, 0.29) is 35.5 Å². The number of carboxylic acid groups (broad SMARTS) is 2. The highest BCUT2D eigenvalue weighted by Gasteiger charge is 2.48. The number of hydrogen-bond acceptors (Lipinski definition) is 8. The highest BCUT2D eigenvalue weighted by Crippen LogP contribution is 2.46. The van der Waals surface area contributed by atoms with Gasteiger partial charge in [0, 0.05) is 5.56 Å². The standard InChI is InChI=1S/C47H60O6.C8H6O4/c1-7-11-32-40-39(34-24-13-17-25-35(5)6)41(33-12-8-2)44(43(46(49)51-10-4)42(40)45(48)50-9-3)47(36-26-18-14-19-27-36,52-37-28-20-15-21-29-37)53-38-30-22-16-23-31-38;9-7(10)5-3-1-2-4-6(5)8(11)12/h14-16,18-23,26-31,35H,7-13,17,24-25,32-34H2,1-6H3;1-4H,(H,9,10)(H,11,12). The van der Waals surface area contributed by atoms with E-state index in [4.69, 9.17) is 29.2 Å². The molecule has 0 radical (unpaired) electrons. The number of carboxylic acids is 2. The molecule has 0 atom stereocenters. The van der Waals surface area contributed by atoms with Gasteiger partial charge in [0.2, 0.25) is 0 Å². The molecule has 5 rings (SSSR count). The quantitative estimate of drug-likeness (QED) is 0.0349. The molecule has 0 amide bonds. The fraction of sp³-hybridized carbons (Fsp3) is 0.382. The Labute approximate surface area is 384 Å². The van der Waals surface area contributed by atoms with Crippen LogP contribution in [0.3, 0.4) is 0 Å². The smallest absolute Gasteiger partial charge is 0.339 e. The van der Waals surface area contributed by atoms with Gasteiger partial charge in [-0.15, -0.1) is 0 Å². The second kappa shape index (κ2) is 26.4. The lowest BCUT2D eigenvalue weighted by molar-refractivity contribution is -0.0858. The summed E-state index contributed by atoms with van der Waals surface area (Å²) in [6.07, 6.45) is 9.93. The zero-order chi connectivity index (χ0) is 47.2. The van der Waals surface area contributed by atoms with Crippen molar-refractivity contribution in [2.24, 2.45) is 5.92 Å². The molecule has 0 aromatic heterocycles. The van der Waals surface area contributed by atoms with E-state index >= 15 is 0 Å². The van der Waals surface area contributed by atoms with Crippen molar-refractivity contribution in [1.82, 2.24) is 0 Å². The predicted octanol–water partition coefficient (Wildman–Crippen LogP) is 12.9. The number of ether oxygens (including phenoxy) is 4. The summed E-state index contributed by atoms with van der Waals surface area (Å²) in [7, 11) is 0. The lowest BCUT2D eigenvalue weighted by Gasteiger charge is -2.39. The number of rotatable bonds is 24. The highest BCUT2D eigenvalue weighted by atomic mass is 16.7. The Kier molecular flexibility index (Phi) is 20.8. The Morgan fingerprint density at radius 1 is 0.508 bits per heavy atom. The first kappa shape index (κ1) is 51.2. The number of para-hydroxylation sites is 2. The van der Waals surface area contributed by atoms with Crippen molar-refractivity contribution in [1.29, 1.82) is 0 Å². The minimum atomic E-state index is -1.72. The van der Waals surface area contributed by atoms with Crippen LogP contribution in [0.5, 0.6) is 11.5 Å². The van der Waals surface area contributed by atoms with Crippen LogP contribution < -0.4 is 9.47 Å². The van der Waals surface area contributed by atoms with Crippen LogP contribution in [0.4, 0.5) is 0 Å². The molecule has 65 heavy (non-hydrogen) atoms. The number of benzene rings is 5. The third-order valence-corrected chi connectivity index (χ3v) is 10.9. The summed E-state index contributed by atoms with van der Waals surface area (Å²) in [5, 5.41) is 17.1. The molecule has 0 fully saturated rings. The van der Waals surface area contributed by atoms with Crippen molar-refractivity contribution in [2.45, 2.75) is 118 Å². The van der Waals surface area contributed by atoms with Gasteiger partial charge in [0.05, 0.1) is 41.0 Å². The lowest BCUT2D eigenvalue weighted by Crippen LogP contribution is -2.44. The molecule has 0 spiro atoms. The first-order valence-corrected chi connectivity index (χ1v) is 23.1. The normalized spacial score (nSPS) is 11.0. The zero-order valence-corrected chi connectivity index (χ0v) is 38.9. The fourth-order valence-corrected chi connectivity index (χ4v) is 7.91. The summed E-state index contributed by atoms with van der Waals surface area (Å²) < 4.78 is 26.2. The highest BCUT2D eigenvalue weighted by molar-refractivity contribution is 6.06. The summed E-state index contributed by atoms with van der Waals surface area (Å²) in [4.78, 5) is 50.2. The van der Waals surface area contributed by atoms with Crippen molar-refractivity contribution in [2.75, 3.05) is 13.2 Å². The molecule has 10 heteroatoms. The number of esters is 2. The largest absolute Gasteiger partial charge is 0.478 e. The SMILES string of the molecule is CCCCc1c(CCCCCC(C)C)c(CCCC)c(C(Oc2ccccc2)(Oc2ccccc2)c2ccccc2)c(C(=O)OCC)c1C(=O)OCC.O=C(O)c1ccccc1C(=O)O. The molecular weight excluding hydrogens is 821 g/mol. The number of unbranched alkanes of at least 4 members (excludes halogenated alkanes) is 4. The van der Waals surface area contributed by atoms with E-state index in [1.54, 1.807) is 13.8 Å². The average Bonchev–Trinajstić information content (AvgIpc) is 3.30. The maximum absolute atomic E-state index is 14.8. The van der Waals surface area contributed by atoms with Crippen molar-refractivity contribution in [3.63, 3.8) is 0 Å². The van der Waals surface area contributed by atoms with Gasteiger partial charge in [0.1, 0.15) is 11.5 Å². The third-order valence-electron chi connectivity index (χ3n) is 10.9. The van der Waals surface area contributed by atoms with Crippen molar-refractivity contribution >= 4 is 23.9 Å². The van der Waals surface area contributed by atoms with E-state index in [0.717, 1.165) is 68.1 Å². The predicted molar refractivity (Wildman–Crippen MR) is 254 cm³/mol. The molecule has 0 aliphatic rings. The number of carbonyl (C=O) groups excluding carboxylic acids is 2. The molecule has 0 unspecified atom stereocenters. The molecule has 2 N–H and O–H groups in total. The molecule has 5 aromatic rings. The van der Waals surface area contributed by atoms with Crippen molar-refractivity contribution < 1.29 is 48.3 Å². The van der Waals surface area contributed by atoms with Crippen LogP contribution in [-0.4, -0.2) is 47.3 Å². The van der Waals surface area contributed by atoms with Gasteiger partial charge in [-0.1, -0.05) is 139 Å². The van der Waals surface area contributed by atoms with Crippen LogP contribution in [0.25, 0.3) is 0 Å². The van der Waals surface area contributed by atoms with Gasteiger partial charge in [-0.05, 0) is 111 Å². The van der Waals surface area contributed by atoms with Gasteiger partial charge in [0.15, 0.2) is 0 Å². The van der Waals surface area contributed by atoms with Gasteiger partial charge >= 0.3 is 29.7 Å². The van der Waals surface area contributed by atoms with E-state index in [0.29, 0.717) is 41.4 Å². The molecular formula is C55H66O10. The van der Waals surface area contributed by atoms with E-state index in [1.807, 2.05) is 91.0 Å². The Hall–Kier alpha value is -6.42. The topological polar surface area (TPSA) is 146 Å². The monoisotopic (exact) mass is 886 g/mol. The van der Waals surface area contributed by atoms with E-state index in [1.165, 1.54) is 30.7 Å². The molecule has 0 aliphatic carbocycles. The van der Waals surface area contributed by atoms with Gasteiger partial charge in [0.25, 0.3) is 0 Å². The van der Waals surface area contributed by atoms with Crippen LogP contribution in [-0.2, 0) is 34.5 Å². The number of carbonyl (C=O) groups is 4. The minimum Gasteiger partial charge on any atom is -0.478 e. The summed E-state index contributed by atoms with van der Waals surface area (Å²) >= 11 is 0. The maximum Gasteiger partial charge on any atom is 0.339 e. The van der Waals surface area contributed by atoms with Crippen LogP contribution >= 0.6 is 0 Å². The summed E-state index contributed by atoms with van der Waals surface area (Å²) in [6.45, 7) is 12.7. The van der Waals surface area contributed by atoms with E-state index in [2.05, 4.69) is 27.7 Å². The first-order valence-electron chi connectivity index (χ1n) is 23.1. The van der Waals surface area contributed by atoms with Gasteiger partial charge in [-0.2, -0.15) is 0 Å². The molecule has 346 valence electrons. The third kappa shape index (κ3) is 14.0. The van der Waals surface area contributed by atoms with Gasteiger partial charge < -0.3 is 29.2 Å². The zero-order valence-electron chi connectivity index (χ0n) is 38.9.